The molecule has 0 bridgehead atoms. The van der Waals surface area contributed by atoms with Gasteiger partial charge >= 0.3 is 6.18 Å². The van der Waals surface area contributed by atoms with Crippen LogP contribution in [-0.2, 0) is 4.79 Å². The number of nitrogens with zero attached hydrogens (tertiary/aromatic N) is 2. The molecule has 170 valence electrons. The van der Waals surface area contributed by atoms with E-state index in [0.29, 0.717) is 36.8 Å². The number of hydrogen-bond donors (Lipinski definition) is 3. The number of carbonyl (C=O) groups excluding carboxylic acids is 1. The quantitative estimate of drug-likeness (QED) is 0.635. The Labute approximate surface area is 176 Å². The minimum absolute atomic E-state index is 0.101. The molecule has 0 aromatic rings. The van der Waals surface area contributed by atoms with Crippen LogP contribution in [0.3, 0.4) is 0 Å². The van der Waals surface area contributed by atoms with Gasteiger partial charge in [0.15, 0.2) is 0 Å². The van der Waals surface area contributed by atoms with Gasteiger partial charge in [0.2, 0.25) is 5.91 Å². The molecule has 3 N–H and O–H groups in total. The lowest BCUT2D eigenvalue weighted by Gasteiger charge is -2.45. The van der Waals surface area contributed by atoms with Gasteiger partial charge in [0.1, 0.15) is 0 Å². The van der Waals surface area contributed by atoms with Gasteiger partial charge < -0.3 is 0 Å². The zero-order chi connectivity index (χ0) is 20.9. The highest BCUT2D eigenvalue weighted by Gasteiger charge is 2.48. The molecule has 0 aromatic carbocycles. The van der Waals surface area contributed by atoms with Crippen LogP contribution in [0.15, 0.2) is 0 Å². The van der Waals surface area contributed by atoms with E-state index in [-0.39, 0.29) is 30.7 Å². The van der Waals surface area contributed by atoms with Crippen LogP contribution in [-0.4, -0.2) is 72.9 Å². The number of likely N-dealkylation sites (tertiary alicyclic amines) is 1. The van der Waals surface area contributed by atoms with Crippen LogP contribution >= 0.6 is 0 Å². The van der Waals surface area contributed by atoms with Crippen LogP contribution in [0.25, 0.3) is 0 Å². The van der Waals surface area contributed by atoms with Crippen LogP contribution in [0, 0.1) is 23.7 Å². The molecule has 0 aromatic heterocycles. The lowest BCUT2D eigenvalue weighted by Crippen LogP contribution is -2.64. The van der Waals surface area contributed by atoms with Gasteiger partial charge in [-0.3, -0.25) is 25.3 Å². The summed E-state index contributed by atoms with van der Waals surface area (Å²) < 4.78 is 38.8. The van der Waals surface area contributed by atoms with Gasteiger partial charge in [0.05, 0.1) is 11.8 Å². The standard InChI is InChI=1S/C21H34F3N5O/c22-21(23,24)15-5-1-13(2-6-15)10-29-12-25-16-11-28(8-7-17(16)29)18-9-26-27-20(30)19(18)14-3-4-14/h13-19,25-26H,1-12H2,(H,27,30). The monoisotopic (exact) mass is 429 g/mol. The lowest BCUT2D eigenvalue weighted by molar-refractivity contribution is -0.184. The molecular formula is C21H34F3N5O. The van der Waals surface area contributed by atoms with Crippen molar-refractivity contribution in [2.75, 3.05) is 32.8 Å². The van der Waals surface area contributed by atoms with Gasteiger partial charge in [0, 0.05) is 51.0 Å². The summed E-state index contributed by atoms with van der Waals surface area (Å²) in [5.41, 5.74) is 5.90. The third-order valence-electron chi connectivity index (χ3n) is 8.27. The summed E-state index contributed by atoms with van der Waals surface area (Å²) in [6.45, 7) is 4.49. The molecule has 5 rings (SSSR count). The summed E-state index contributed by atoms with van der Waals surface area (Å²) in [7, 11) is 0. The predicted octanol–water partition coefficient (Wildman–Crippen LogP) is 1.69. The second kappa shape index (κ2) is 8.22. The second-order valence-electron chi connectivity index (χ2n) is 10.2. The summed E-state index contributed by atoms with van der Waals surface area (Å²) in [5.74, 6) is 0.0694. The number of halogens is 3. The number of hydrogen-bond acceptors (Lipinski definition) is 5. The molecule has 5 aliphatic rings. The van der Waals surface area contributed by atoms with E-state index in [1.54, 1.807) is 0 Å². The van der Waals surface area contributed by atoms with Crippen molar-refractivity contribution in [1.82, 2.24) is 26.0 Å². The van der Waals surface area contributed by atoms with Crippen molar-refractivity contribution in [1.29, 1.82) is 0 Å². The van der Waals surface area contributed by atoms with Gasteiger partial charge in [-0.1, -0.05) is 0 Å². The minimum atomic E-state index is -4.03. The topological polar surface area (TPSA) is 59.6 Å². The molecule has 6 nitrogen and oxygen atoms in total. The van der Waals surface area contributed by atoms with Crippen molar-refractivity contribution in [3.63, 3.8) is 0 Å². The number of carbonyl (C=O) groups is 1. The largest absolute Gasteiger partial charge is 0.391 e. The number of fused-ring (bicyclic) bond motifs is 1. The van der Waals surface area contributed by atoms with E-state index in [9.17, 15) is 18.0 Å². The Morgan fingerprint density at radius 2 is 1.77 bits per heavy atom. The van der Waals surface area contributed by atoms with Gasteiger partial charge in [-0.25, -0.2) is 5.43 Å². The SMILES string of the molecule is O=C1NNCC(N2CCC3C(C2)NCN3CC2CCC(C(F)(F)F)CC2)C1C1CC1. The van der Waals surface area contributed by atoms with Crippen molar-refractivity contribution >= 4 is 5.91 Å². The maximum Gasteiger partial charge on any atom is 0.391 e. The highest BCUT2D eigenvalue weighted by Crippen LogP contribution is 2.42. The summed E-state index contributed by atoms with van der Waals surface area (Å²) in [6.07, 6.45) is 1.32. The Bertz CT molecular complexity index is 635. The van der Waals surface area contributed by atoms with E-state index in [4.69, 9.17) is 0 Å². The normalized spacial score (nSPS) is 41.5. The number of piperidine rings is 1. The Hall–Kier alpha value is -0.900. The number of nitrogens with one attached hydrogen (secondary N) is 3. The fourth-order valence-electron chi connectivity index (χ4n) is 6.43. The first-order valence-corrected chi connectivity index (χ1v) is 11.7. The van der Waals surface area contributed by atoms with Crippen LogP contribution in [0.2, 0.25) is 0 Å². The fraction of sp³-hybridized carbons (Fsp3) is 0.952. The predicted molar refractivity (Wildman–Crippen MR) is 106 cm³/mol. The number of amides is 1. The Balaban J connectivity index is 1.14. The Kier molecular flexibility index (Phi) is 5.75. The average molecular weight is 430 g/mol. The van der Waals surface area contributed by atoms with E-state index < -0.39 is 12.1 Å². The average Bonchev–Trinajstić information content (AvgIpc) is 3.48. The van der Waals surface area contributed by atoms with E-state index >= 15 is 0 Å². The minimum Gasteiger partial charge on any atom is -0.299 e. The smallest absolute Gasteiger partial charge is 0.299 e. The van der Waals surface area contributed by atoms with Crippen LogP contribution in [0.4, 0.5) is 13.2 Å². The zero-order valence-electron chi connectivity index (χ0n) is 17.5. The van der Waals surface area contributed by atoms with Gasteiger partial charge in [-0.2, -0.15) is 13.2 Å². The highest BCUT2D eigenvalue weighted by atomic mass is 19.4. The number of alkyl halides is 3. The fourth-order valence-corrected chi connectivity index (χ4v) is 6.43. The second-order valence-corrected chi connectivity index (χ2v) is 10.2. The molecule has 4 atom stereocenters. The summed E-state index contributed by atoms with van der Waals surface area (Å²) in [5, 5.41) is 3.65. The first-order chi connectivity index (χ1) is 14.4. The molecule has 9 heteroatoms. The van der Waals surface area contributed by atoms with Crippen molar-refractivity contribution < 1.29 is 18.0 Å². The third kappa shape index (κ3) is 4.23. The Morgan fingerprint density at radius 3 is 2.47 bits per heavy atom. The molecule has 0 radical (unpaired) electrons. The summed E-state index contributed by atoms with van der Waals surface area (Å²) >= 11 is 0. The van der Waals surface area contributed by atoms with Crippen molar-refractivity contribution in [3.05, 3.63) is 0 Å². The van der Waals surface area contributed by atoms with Crippen molar-refractivity contribution in [2.45, 2.75) is 69.2 Å². The van der Waals surface area contributed by atoms with Crippen LogP contribution < -0.4 is 16.2 Å². The first-order valence-electron chi connectivity index (χ1n) is 11.7. The third-order valence-corrected chi connectivity index (χ3v) is 8.27. The maximum atomic E-state index is 12.9. The molecule has 3 saturated heterocycles. The molecule has 30 heavy (non-hydrogen) atoms. The maximum absolute atomic E-state index is 12.9. The number of hydrazine groups is 1. The summed E-state index contributed by atoms with van der Waals surface area (Å²) in [6, 6.07) is 1.11. The first kappa shape index (κ1) is 21.0. The van der Waals surface area contributed by atoms with Crippen molar-refractivity contribution in [3.8, 4) is 0 Å². The molecule has 3 aliphatic heterocycles. The molecule has 0 spiro atoms. The molecule has 2 aliphatic carbocycles. The van der Waals surface area contributed by atoms with Crippen molar-refractivity contribution in [2.24, 2.45) is 23.7 Å². The molecular weight excluding hydrogens is 395 g/mol. The van der Waals surface area contributed by atoms with E-state index in [1.807, 2.05) is 0 Å². The molecule has 5 fully saturated rings. The molecule has 2 saturated carbocycles. The highest BCUT2D eigenvalue weighted by molar-refractivity contribution is 5.80. The van der Waals surface area contributed by atoms with E-state index in [2.05, 4.69) is 26.0 Å². The molecule has 1 amide bonds. The zero-order valence-corrected chi connectivity index (χ0v) is 17.5. The van der Waals surface area contributed by atoms with Gasteiger partial charge in [-0.05, 0) is 56.8 Å². The van der Waals surface area contributed by atoms with Crippen LogP contribution in [0.5, 0.6) is 0 Å². The van der Waals surface area contributed by atoms with E-state index in [1.165, 1.54) is 0 Å². The van der Waals surface area contributed by atoms with Gasteiger partial charge in [-0.15, -0.1) is 0 Å². The summed E-state index contributed by atoms with van der Waals surface area (Å²) in [4.78, 5) is 17.4. The molecule has 3 heterocycles. The van der Waals surface area contributed by atoms with Crippen LogP contribution in [0.1, 0.15) is 44.9 Å². The molecule has 4 unspecified atom stereocenters. The number of rotatable bonds is 4. The van der Waals surface area contributed by atoms with E-state index in [0.717, 1.165) is 52.1 Å². The lowest BCUT2D eigenvalue weighted by atomic mass is 9.81. The Morgan fingerprint density at radius 1 is 1.00 bits per heavy atom. The van der Waals surface area contributed by atoms with Gasteiger partial charge in [0.25, 0.3) is 0 Å².